The zero-order valence-corrected chi connectivity index (χ0v) is 12.8. The van der Waals surface area contributed by atoms with Gasteiger partial charge in [-0.05, 0) is 24.5 Å². The summed E-state index contributed by atoms with van der Waals surface area (Å²) in [5.74, 6) is 1.81. The number of rotatable bonds is 5. The molecule has 0 aliphatic heterocycles. The van der Waals surface area contributed by atoms with Crippen molar-refractivity contribution in [1.82, 2.24) is 15.0 Å². The Morgan fingerprint density at radius 1 is 1.25 bits per heavy atom. The zero-order valence-electron chi connectivity index (χ0n) is 12.0. The van der Waals surface area contributed by atoms with Crippen molar-refractivity contribution in [1.29, 1.82) is 0 Å². The normalized spacial score (nSPS) is 10.8. The summed E-state index contributed by atoms with van der Waals surface area (Å²) in [4.78, 5) is 13.4. The van der Waals surface area contributed by atoms with Gasteiger partial charge in [0.2, 0.25) is 0 Å². The molecule has 0 radical (unpaired) electrons. The van der Waals surface area contributed by atoms with E-state index in [0.29, 0.717) is 16.8 Å². The van der Waals surface area contributed by atoms with Crippen LogP contribution in [0.5, 0.6) is 0 Å². The lowest BCUT2D eigenvalue weighted by atomic mass is 10.1. The van der Waals surface area contributed by atoms with Crippen molar-refractivity contribution in [3.63, 3.8) is 0 Å². The molecule has 2 heterocycles. The summed E-state index contributed by atoms with van der Waals surface area (Å²) < 4.78 is 0. The van der Waals surface area contributed by atoms with Crippen molar-refractivity contribution in [3.8, 4) is 11.5 Å². The van der Waals surface area contributed by atoms with Crippen molar-refractivity contribution in [2.45, 2.75) is 33.1 Å². The first-order chi connectivity index (χ1) is 9.60. The molecule has 0 saturated carbocycles. The maximum absolute atomic E-state index is 5.86. The highest BCUT2D eigenvalue weighted by molar-refractivity contribution is 6.30. The standard InChI is InChI=1S/C15H19ClN4/c1-4-7-17-14-8-13(10(2)3)19-15(20-14)12-6-5-11(16)9-18-12/h5-6,8-10H,4,7H2,1-3H3,(H,17,19,20). The number of nitrogens with zero attached hydrogens (tertiary/aromatic N) is 3. The molecule has 2 rings (SSSR count). The summed E-state index contributed by atoms with van der Waals surface area (Å²) in [6, 6.07) is 5.64. The third-order valence-corrected chi connectivity index (χ3v) is 3.07. The van der Waals surface area contributed by atoms with Gasteiger partial charge in [-0.3, -0.25) is 4.98 Å². The Morgan fingerprint density at radius 2 is 2.05 bits per heavy atom. The highest BCUT2D eigenvalue weighted by atomic mass is 35.5. The molecular formula is C15H19ClN4. The van der Waals surface area contributed by atoms with Gasteiger partial charge in [-0.25, -0.2) is 9.97 Å². The lowest BCUT2D eigenvalue weighted by Gasteiger charge is -2.11. The molecule has 0 aromatic carbocycles. The fourth-order valence-corrected chi connectivity index (χ4v) is 1.84. The molecule has 5 heteroatoms. The van der Waals surface area contributed by atoms with E-state index < -0.39 is 0 Å². The molecule has 20 heavy (non-hydrogen) atoms. The summed E-state index contributed by atoms with van der Waals surface area (Å²) in [7, 11) is 0. The van der Waals surface area contributed by atoms with Gasteiger partial charge in [0.05, 0.1) is 5.02 Å². The number of nitrogens with one attached hydrogen (secondary N) is 1. The number of aromatic nitrogens is 3. The molecule has 0 spiro atoms. The monoisotopic (exact) mass is 290 g/mol. The van der Waals surface area contributed by atoms with Gasteiger partial charge in [-0.1, -0.05) is 32.4 Å². The van der Waals surface area contributed by atoms with Crippen LogP contribution in [-0.2, 0) is 0 Å². The van der Waals surface area contributed by atoms with Crippen LogP contribution >= 0.6 is 11.6 Å². The first-order valence-corrected chi connectivity index (χ1v) is 7.22. The van der Waals surface area contributed by atoms with Crippen molar-refractivity contribution in [2.24, 2.45) is 0 Å². The number of pyridine rings is 1. The van der Waals surface area contributed by atoms with E-state index in [9.17, 15) is 0 Å². The molecule has 0 fully saturated rings. The van der Waals surface area contributed by atoms with Crippen LogP contribution in [0.3, 0.4) is 0 Å². The van der Waals surface area contributed by atoms with E-state index >= 15 is 0 Å². The fourth-order valence-electron chi connectivity index (χ4n) is 1.73. The molecule has 1 N–H and O–H groups in total. The van der Waals surface area contributed by atoms with Crippen LogP contribution in [0, 0.1) is 0 Å². The quantitative estimate of drug-likeness (QED) is 0.899. The number of hydrogen-bond acceptors (Lipinski definition) is 4. The lowest BCUT2D eigenvalue weighted by Crippen LogP contribution is -2.06. The summed E-state index contributed by atoms with van der Waals surface area (Å²) in [5.41, 5.74) is 1.74. The van der Waals surface area contributed by atoms with Crippen molar-refractivity contribution >= 4 is 17.4 Å². The Balaban J connectivity index is 2.40. The van der Waals surface area contributed by atoms with Crippen molar-refractivity contribution < 1.29 is 0 Å². The summed E-state index contributed by atoms with van der Waals surface area (Å²) in [5, 5.41) is 3.92. The van der Waals surface area contributed by atoms with Crippen LogP contribution in [0.25, 0.3) is 11.5 Å². The molecule has 0 saturated heterocycles. The van der Waals surface area contributed by atoms with Gasteiger partial charge < -0.3 is 5.32 Å². The topological polar surface area (TPSA) is 50.7 Å². The Labute approximate surface area is 124 Å². The average molecular weight is 291 g/mol. The minimum absolute atomic E-state index is 0.339. The van der Waals surface area contributed by atoms with Crippen LogP contribution in [0.1, 0.15) is 38.8 Å². The third-order valence-electron chi connectivity index (χ3n) is 2.85. The molecule has 106 valence electrons. The van der Waals surface area contributed by atoms with Gasteiger partial charge in [0.15, 0.2) is 5.82 Å². The predicted molar refractivity (Wildman–Crippen MR) is 83.1 cm³/mol. The summed E-state index contributed by atoms with van der Waals surface area (Å²) in [6.07, 6.45) is 2.66. The second-order valence-corrected chi connectivity index (χ2v) is 5.38. The van der Waals surface area contributed by atoms with Gasteiger partial charge in [-0.15, -0.1) is 0 Å². The molecule has 0 unspecified atom stereocenters. The average Bonchev–Trinajstić information content (AvgIpc) is 2.45. The molecule has 0 amide bonds. The van der Waals surface area contributed by atoms with E-state index in [-0.39, 0.29) is 0 Å². The number of anilines is 1. The zero-order chi connectivity index (χ0) is 14.5. The first-order valence-electron chi connectivity index (χ1n) is 6.85. The van der Waals surface area contributed by atoms with Crippen LogP contribution in [-0.4, -0.2) is 21.5 Å². The van der Waals surface area contributed by atoms with E-state index in [0.717, 1.165) is 30.2 Å². The molecule has 0 atom stereocenters. The Morgan fingerprint density at radius 3 is 2.65 bits per heavy atom. The van der Waals surface area contributed by atoms with E-state index in [2.05, 4.69) is 41.0 Å². The fraction of sp³-hybridized carbons (Fsp3) is 0.400. The van der Waals surface area contributed by atoms with E-state index in [1.165, 1.54) is 0 Å². The second-order valence-electron chi connectivity index (χ2n) is 4.94. The molecular weight excluding hydrogens is 272 g/mol. The Hall–Kier alpha value is -1.68. The van der Waals surface area contributed by atoms with Crippen LogP contribution in [0.2, 0.25) is 5.02 Å². The maximum Gasteiger partial charge on any atom is 0.180 e. The van der Waals surface area contributed by atoms with Gasteiger partial charge in [0.25, 0.3) is 0 Å². The number of hydrogen-bond donors (Lipinski definition) is 1. The summed E-state index contributed by atoms with van der Waals surface area (Å²) >= 11 is 5.86. The molecule has 0 aliphatic carbocycles. The smallest absolute Gasteiger partial charge is 0.180 e. The molecule has 2 aromatic heterocycles. The van der Waals surface area contributed by atoms with Gasteiger partial charge >= 0.3 is 0 Å². The maximum atomic E-state index is 5.86. The highest BCUT2D eigenvalue weighted by Gasteiger charge is 2.10. The van der Waals surface area contributed by atoms with Gasteiger partial charge in [0, 0.05) is 24.5 Å². The first kappa shape index (κ1) is 14.7. The van der Waals surface area contributed by atoms with E-state index in [1.54, 1.807) is 12.3 Å². The number of halogens is 1. The molecule has 0 bridgehead atoms. The Bertz CT molecular complexity index is 567. The largest absolute Gasteiger partial charge is 0.370 e. The summed E-state index contributed by atoms with van der Waals surface area (Å²) in [6.45, 7) is 7.25. The lowest BCUT2D eigenvalue weighted by molar-refractivity contribution is 0.815. The van der Waals surface area contributed by atoms with E-state index in [1.807, 2.05) is 12.1 Å². The van der Waals surface area contributed by atoms with Gasteiger partial charge in [0.1, 0.15) is 11.5 Å². The second kappa shape index (κ2) is 6.66. The van der Waals surface area contributed by atoms with Crippen LogP contribution < -0.4 is 5.32 Å². The minimum Gasteiger partial charge on any atom is -0.370 e. The van der Waals surface area contributed by atoms with Crippen LogP contribution in [0.4, 0.5) is 5.82 Å². The molecule has 2 aromatic rings. The Kier molecular flexibility index (Phi) is 4.90. The molecule has 0 aliphatic rings. The SMILES string of the molecule is CCCNc1cc(C(C)C)nc(-c2ccc(Cl)cn2)n1. The van der Waals surface area contributed by atoms with Crippen LogP contribution in [0.15, 0.2) is 24.4 Å². The minimum atomic E-state index is 0.339. The van der Waals surface area contributed by atoms with Gasteiger partial charge in [-0.2, -0.15) is 0 Å². The molecule has 4 nitrogen and oxygen atoms in total. The third kappa shape index (κ3) is 3.67. The highest BCUT2D eigenvalue weighted by Crippen LogP contribution is 2.21. The predicted octanol–water partition coefficient (Wildman–Crippen LogP) is 4.14. The van der Waals surface area contributed by atoms with Crippen molar-refractivity contribution in [3.05, 3.63) is 35.1 Å². The van der Waals surface area contributed by atoms with E-state index in [4.69, 9.17) is 11.6 Å². The van der Waals surface area contributed by atoms with Crippen molar-refractivity contribution in [2.75, 3.05) is 11.9 Å².